The van der Waals surface area contributed by atoms with E-state index in [0.29, 0.717) is 6.42 Å². The second-order valence-electron chi connectivity index (χ2n) is 4.48. The van der Waals surface area contributed by atoms with Gasteiger partial charge < -0.3 is 10.4 Å². The highest BCUT2D eigenvalue weighted by atomic mass is 32.2. The third-order valence-corrected chi connectivity index (χ3v) is 4.08. The van der Waals surface area contributed by atoms with Crippen LogP contribution in [0.4, 0.5) is 0 Å². The molecule has 3 nitrogen and oxygen atoms in total. The zero-order chi connectivity index (χ0) is 13.5. The fourth-order valence-electron chi connectivity index (χ4n) is 1.73. The van der Waals surface area contributed by atoms with Gasteiger partial charge in [-0.25, -0.2) is 0 Å². The van der Waals surface area contributed by atoms with Gasteiger partial charge in [0, 0.05) is 11.3 Å². The van der Waals surface area contributed by atoms with Gasteiger partial charge in [-0.3, -0.25) is 4.79 Å². The van der Waals surface area contributed by atoms with Crippen LogP contribution in [-0.4, -0.2) is 35.2 Å². The van der Waals surface area contributed by atoms with Crippen LogP contribution in [0, 0.1) is 6.92 Å². The molecule has 0 heterocycles. The summed E-state index contributed by atoms with van der Waals surface area (Å²) in [7, 11) is 0. The van der Waals surface area contributed by atoms with Gasteiger partial charge >= 0.3 is 0 Å². The van der Waals surface area contributed by atoms with E-state index in [0.717, 1.165) is 5.56 Å². The lowest BCUT2D eigenvalue weighted by atomic mass is 10.1. The molecule has 100 valence electrons. The zero-order valence-electron chi connectivity index (χ0n) is 11.1. The van der Waals surface area contributed by atoms with Gasteiger partial charge in [0.1, 0.15) is 0 Å². The SMILES string of the molecule is CSC(CO)C(C)NC(=O)Cc1ccc(C)cc1. The second kappa shape index (κ2) is 7.44. The largest absolute Gasteiger partial charge is 0.395 e. The molecule has 0 aromatic heterocycles. The van der Waals surface area contributed by atoms with Gasteiger partial charge in [-0.1, -0.05) is 29.8 Å². The summed E-state index contributed by atoms with van der Waals surface area (Å²) in [4.78, 5) is 11.8. The molecule has 4 heteroatoms. The maximum atomic E-state index is 11.8. The van der Waals surface area contributed by atoms with E-state index in [-0.39, 0.29) is 23.8 Å². The Kier molecular flexibility index (Phi) is 6.22. The Balaban J connectivity index is 2.48. The summed E-state index contributed by atoms with van der Waals surface area (Å²) < 4.78 is 0. The average Bonchev–Trinajstić information content (AvgIpc) is 2.33. The summed E-state index contributed by atoms with van der Waals surface area (Å²) >= 11 is 1.56. The van der Waals surface area contributed by atoms with Gasteiger partial charge in [0.25, 0.3) is 0 Å². The number of carbonyl (C=O) groups is 1. The van der Waals surface area contributed by atoms with Gasteiger partial charge in [-0.05, 0) is 25.7 Å². The Morgan fingerprint density at radius 2 is 2.00 bits per heavy atom. The number of aliphatic hydroxyl groups excluding tert-OH is 1. The predicted octanol–water partition coefficient (Wildman–Crippen LogP) is 1.77. The molecule has 0 aliphatic rings. The quantitative estimate of drug-likeness (QED) is 0.826. The van der Waals surface area contributed by atoms with Crippen molar-refractivity contribution in [3.8, 4) is 0 Å². The number of hydrogen-bond donors (Lipinski definition) is 2. The van der Waals surface area contributed by atoms with E-state index >= 15 is 0 Å². The van der Waals surface area contributed by atoms with Crippen LogP contribution in [0.5, 0.6) is 0 Å². The number of rotatable bonds is 6. The van der Waals surface area contributed by atoms with Crippen LogP contribution in [0.3, 0.4) is 0 Å². The van der Waals surface area contributed by atoms with Crippen molar-refractivity contribution in [2.24, 2.45) is 0 Å². The van der Waals surface area contributed by atoms with E-state index in [1.165, 1.54) is 5.56 Å². The molecule has 0 fully saturated rings. The molecule has 2 N–H and O–H groups in total. The van der Waals surface area contributed by atoms with Crippen molar-refractivity contribution in [3.63, 3.8) is 0 Å². The van der Waals surface area contributed by atoms with Gasteiger partial charge in [0.2, 0.25) is 5.91 Å². The minimum Gasteiger partial charge on any atom is -0.395 e. The van der Waals surface area contributed by atoms with Crippen LogP contribution < -0.4 is 5.32 Å². The third kappa shape index (κ3) is 4.70. The van der Waals surface area contributed by atoms with Crippen molar-refractivity contribution < 1.29 is 9.90 Å². The van der Waals surface area contributed by atoms with Crippen LogP contribution in [0.1, 0.15) is 18.1 Å². The van der Waals surface area contributed by atoms with Gasteiger partial charge in [-0.15, -0.1) is 0 Å². The summed E-state index contributed by atoms with van der Waals surface area (Å²) in [6, 6.07) is 7.92. The first-order valence-electron chi connectivity index (χ1n) is 6.05. The molecular formula is C14H21NO2S. The molecule has 1 rings (SSSR count). The number of thioether (sulfide) groups is 1. The van der Waals surface area contributed by atoms with Crippen LogP contribution in [0.2, 0.25) is 0 Å². The third-order valence-electron chi connectivity index (χ3n) is 2.91. The lowest BCUT2D eigenvalue weighted by Crippen LogP contribution is -2.41. The molecule has 0 saturated carbocycles. The lowest BCUT2D eigenvalue weighted by Gasteiger charge is -2.21. The topological polar surface area (TPSA) is 49.3 Å². The molecule has 0 aliphatic heterocycles. The summed E-state index contributed by atoms with van der Waals surface area (Å²) in [5.74, 6) is -0.00106. The van der Waals surface area contributed by atoms with Gasteiger partial charge in [0.05, 0.1) is 13.0 Å². The molecule has 18 heavy (non-hydrogen) atoms. The zero-order valence-corrected chi connectivity index (χ0v) is 12.0. The molecule has 0 bridgehead atoms. The van der Waals surface area contributed by atoms with Crippen molar-refractivity contribution >= 4 is 17.7 Å². The lowest BCUT2D eigenvalue weighted by molar-refractivity contribution is -0.121. The number of hydrogen-bond acceptors (Lipinski definition) is 3. The van der Waals surface area contributed by atoms with Crippen molar-refractivity contribution in [3.05, 3.63) is 35.4 Å². The smallest absolute Gasteiger partial charge is 0.224 e. The van der Waals surface area contributed by atoms with Crippen LogP contribution in [-0.2, 0) is 11.2 Å². The highest BCUT2D eigenvalue weighted by Gasteiger charge is 2.17. The summed E-state index contributed by atoms with van der Waals surface area (Å²) in [5, 5.41) is 12.1. The molecule has 1 aromatic rings. The Hall–Kier alpha value is -1.00. The summed E-state index contributed by atoms with van der Waals surface area (Å²) in [5.41, 5.74) is 2.20. The number of nitrogens with one attached hydrogen (secondary N) is 1. The Morgan fingerprint density at radius 3 is 2.50 bits per heavy atom. The highest BCUT2D eigenvalue weighted by molar-refractivity contribution is 7.99. The van der Waals surface area contributed by atoms with Gasteiger partial charge in [0.15, 0.2) is 0 Å². The first-order valence-corrected chi connectivity index (χ1v) is 7.34. The Morgan fingerprint density at radius 1 is 1.39 bits per heavy atom. The van der Waals surface area contributed by atoms with E-state index < -0.39 is 0 Å². The van der Waals surface area contributed by atoms with E-state index in [1.807, 2.05) is 44.4 Å². The van der Waals surface area contributed by atoms with Crippen molar-refractivity contribution in [1.82, 2.24) is 5.32 Å². The highest BCUT2D eigenvalue weighted by Crippen LogP contribution is 2.10. The minimum atomic E-state index is -0.0250. The van der Waals surface area contributed by atoms with Crippen molar-refractivity contribution in [2.45, 2.75) is 31.6 Å². The van der Waals surface area contributed by atoms with E-state index in [4.69, 9.17) is 5.11 Å². The standard InChI is InChI=1S/C14H21NO2S/c1-10-4-6-12(7-5-10)8-14(17)15-11(2)13(9-16)18-3/h4-7,11,13,16H,8-9H2,1-3H3,(H,15,17). The number of amides is 1. The van der Waals surface area contributed by atoms with Gasteiger partial charge in [-0.2, -0.15) is 11.8 Å². The molecule has 2 atom stereocenters. The molecule has 0 radical (unpaired) electrons. The van der Waals surface area contributed by atoms with Crippen LogP contribution >= 0.6 is 11.8 Å². The number of benzene rings is 1. The molecule has 2 unspecified atom stereocenters. The maximum Gasteiger partial charge on any atom is 0.224 e. The molecule has 0 spiro atoms. The number of aliphatic hydroxyl groups is 1. The van der Waals surface area contributed by atoms with Crippen LogP contribution in [0.15, 0.2) is 24.3 Å². The fourth-order valence-corrected chi connectivity index (χ4v) is 2.35. The summed E-state index contributed by atoms with van der Waals surface area (Å²) in [6.07, 6.45) is 2.32. The minimum absolute atomic E-state index is 0.00106. The van der Waals surface area contributed by atoms with E-state index in [2.05, 4.69) is 5.32 Å². The number of aryl methyl sites for hydroxylation is 1. The molecular weight excluding hydrogens is 246 g/mol. The average molecular weight is 267 g/mol. The maximum absolute atomic E-state index is 11.8. The van der Waals surface area contributed by atoms with Crippen molar-refractivity contribution in [1.29, 1.82) is 0 Å². The normalized spacial score (nSPS) is 14.0. The van der Waals surface area contributed by atoms with E-state index in [1.54, 1.807) is 11.8 Å². The Labute approximate surface area is 113 Å². The summed E-state index contributed by atoms with van der Waals surface area (Å²) in [6.45, 7) is 4.02. The van der Waals surface area contributed by atoms with Crippen molar-refractivity contribution in [2.75, 3.05) is 12.9 Å². The second-order valence-corrected chi connectivity index (χ2v) is 5.55. The Bertz CT molecular complexity index is 374. The first-order chi connectivity index (χ1) is 8.56. The van der Waals surface area contributed by atoms with E-state index in [9.17, 15) is 4.79 Å². The monoisotopic (exact) mass is 267 g/mol. The number of carbonyl (C=O) groups excluding carboxylic acids is 1. The molecule has 1 aromatic carbocycles. The fraction of sp³-hybridized carbons (Fsp3) is 0.500. The molecule has 0 aliphatic carbocycles. The molecule has 1 amide bonds. The van der Waals surface area contributed by atoms with Crippen LogP contribution in [0.25, 0.3) is 0 Å². The first kappa shape index (κ1) is 15.1. The molecule has 0 saturated heterocycles. The predicted molar refractivity (Wildman–Crippen MR) is 76.9 cm³/mol.